The molecule has 2 aliphatic heterocycles. The standard InChI is InChI=1S/C21H31N7O5S/c1-4-28-19(21(30)26-8-10-33-11-9-26)17(12-23-28)24-20(29)16-6-5-7-27(14-16)34(31,32)18-13-22-25(3)15(18)2/h12-13,16H,4-11,14H2,1-3H3,(H,24,29)/t16-/m0/s1. The summed E-state index contributed by atoms with van der Waals surface area (Å²) >= 11 is 0. The summed E-state index contributed by atoms with van der Waals surface area (Å²) in [6.45, 7) is 6.35. The van der Waals surface area contributed by atoms with Gasteiger partial charge < -0.3 is 15.0 Å². The highest BCUT2D eigenvalue weighted by Gasteiger charge is 2.36. The molecule has 12 nitrogen and oxygen atoms in total. The summed E-state index contributed by atoms with van der Waals surface area (Å²) in [7, 11) is -2.08. The largest absolute Gasteiger partial charge is 0.378 e. The molecule has 0 aromatic carbocycles. The van der Waals surface area contributed by atoms with Crippen molar-refractivity contribution in [1.29, 1.82) is 0 Å². The molecule has 2 aromatic heterocycles. The molecule has 13 heteroatoms. The fourth-order valence-corrected chi connectivity index (χ4v) is 6.05. The lowest BCUT2D eigenvalue weighted by atomic mass is 9.98. The normalized spacial score (nSPS) is 19.9. The topological polar surface area (TPSA) is 132 Å². The number of hydrogen-bond donors (Lipinski definition) is 1. The van der Waals surface area contributed by atoms with Gasteiger partial charge in [0.15, 0.2) is 0 Å². The monoisotopic (exact) mass is 493 g/mol. The van der Waals surface area contributed by atoms with E-state index in [0.717, 1.165) is 0 Å². The van der Waals surface area contributed by atoms with Crippen LogP contribution >= 0.6 is 0 Å². The molecular formula is C21H31N7O5S. The highest BCUT2D eigenvalue weighted by Crippen LogP contribution is 2.27. The third kappa shape index (κ3) is 4.59. The van der Waals surface area contributed by atoms with E-state index in [1.165, 1.54) is 21.4 Å². The summed E-state index contributed by atoms with van der Waals surface area (Å²) in [4.78, 5) is 28.2. The van der Waals surface area contributed by atoms with Gasteiger partial charge in [-0.1, -0.05) is 0 Å². The summed E-state index contributed by atoms with van der Waals surface area (Å²) in [6.07, 6.45) is 3.94. The lowest BCUT2D eigenvalue weighted by Gasteiger charge is -2.31. The first kappa shape index (κ1) is 24.4. The van der Waals surface area contributed by atoms with Gasteiger partial charge in [-0.25, -0.2) is 8.42 Å². The number of anilines is 1. The van der Waals surface area contributed by atoms with Gasteiger partial charge in [0.05, 0.1) is 42.9 Å². The van der Waals surface area contributed by atoms with Crippen LogP contribution in [0.25, 0.3) is 0 Å². The Bertz CT molecular complexity index is 1170. The first-order valence-electron chi connectivity index (χ1n) is 11.5. The van der Waals surface area contributed by atoms with Crippen molar-refractivity contribution < 1.29 is 22.7 Å². The van der Waals surface area contributed by atoms with Crippen LogP contribution in [0.15, 0.2) is 17.3 Å². The molecule has 0 radical (unpaired) electrons. The highest BCUT2D eigenvalue weighted by molar-refractivity contribution is 7.89. The van der Waals surface area contributed by atoms with Gasteiger partial charge in [-0.05, 0) is 26.7 Å². The number of nitrogens with one attached hydrogen (secondary N) is 1. The number of aromatic nitrogens is 4. The maximum atomic E-state index is 13.2. The molecule has 2 saturated heterocycles. The second kappa shape index (κ2) is 9.84. The molecule has 2 fully saturated rings. The number of ether oxygens (including phenoxy) is 1. The van der Waals surface area contributed by atoms with Gasteiger partial charge in [0.1, 0.15) is 10.6 Å². The van der Waals surface area contributed by atoms with Crippen molar-refractivity contribution >= 4 is 27.5 Å². The van der Waals surface area contributed by atoms with Gasteiger partial charge in [-0.3, -0.25) is 19.0 Å². The molecule has 0 saturated carbocycles. The summed E-state index contributed by atoms with van der Waals surface area (Å²) in [5.74, 6) is -1.08. The van der Waals surface area contributed by atoms with E-state index in [1.54, 1.807) is 23.6 Å². The second-order valence-corrected chi connectivity index (χ2v) is 10.4. The molecule has 34 heavy (non-hydrogen) atoms. The minimum atomic E-state index is -3.77. The Morgan fingerprint density at radius 1 is 1.18 bits per heavy atom. The molecule has 1 atom stereocenters. The van der Waals surface area contributed by atoms with Crippen LogP contribution in [-0.4, -0.2) is 88.4 Å². The van der Waals surface area contributed by atoms with Crippen molar-refractivity contribution in [3.63, 3.8) is 0 Å². The molecule has 0 bridgehead atoms. The summed E-state index contributed by atoms with van der Waals surface area (Å²) in [6, 6.07) is 0. The van der Waals surface area contributed by atoms with Crippen LogP contribution < -0.4 is 5.32 Å². The van der Waals surface area contributed by atoms with Crippen LogP contribution in [0.1, 0.15) is 35.9 Å². The van der Waals surface area contributed by atoms with Crippen LogP contribution in [-0.2, 0) is 33.1 Å². The van der Waals surface area contributed by atoms with E-state index >= 15 is 0 Å². The van der Waals surface area contributed by atoms with Crippen LogP contribution in [0.4, 0.5) is 5.69 Å². The maximum absolute atomic E-state index is 13.2. The van der Waals surface area contributed by atoms with Crippen LogP contribution in [0.3, 0.4) is 0 Å². The van der Waals surface area contributed by atoms with E-state index in [2.05, 4.69) is 15.5 Å². The van der Waals surface area contributed by atoms with Crippen LogP contribution in [0.2, 0.25) is 0 Å². The molecule has 1 N–H and O–H groups in total. The van der Waals surface area contributed by atoms with Crippen molar-refractivity contribution in [2.75, 3.05) is 44.7 Å². The zero-order chi connectivity index (χ0) is 24.5. The zero-order valence-electron chi connectivity index (χ0n) is 19.7. The van der Waals surface area contributed by atoms with E-state index in [4.69, 9.17) is 4.74 Å². The SMILES string of the molecule is CCn1ncc(NC(=O)[C@H]2CCCN(S(=O)(=O)c3cnn(C)c3C)C2)c1C(=O)N1CCOCC1. The van der Waals surface area contributed by atoms with E-state index in [1.807, 2.05) is 6.92 Å². The van der Waals surface area contributed by atoms with Gasteiger partial charge in [0.25, 0.3) is 5.91 Å². The third-order valence-electron chi connectivity index (χ3n) is 6.46. The molecule has 0 spiro atoms. The number of carbonyl (C=O) groups is 2. The zero-order valence-corrected chi connectivity index (χ0v) is 20.5. The third-order valence-corrected chi connectivity index (χ3v) is 8.43. The van der Waals surface area contributed by atoms with E-state index in [9.17, 15) is 18.0 Å². The lowest BCUT2D eigenvalue weighted by Crippen LogP contribution is -2.44. The summed E-state index contributed by atoms with van der Waals surface area (Å²) in [5, 5.41) is 11.1. The predicted molar refractivity (Wildman–Crippen MR) is 123 cm³/mol. The molecule has 4 rings (SSSR count). The summed E-state index contributed by atoms with van der Waals surface area (Å²) < 4.78 is 36.1. The minimum Gasteiger partial charge on any atom is -0.378 e. The molecule has 0 aliphatic carbocycles. The fourth-order valence-electron chi connectivity index (χ4n) is 4.34. The number of sulfonamides is 1. The van der Waals surface area contributed by atoms with Crippen LogP contribution in [0, 0.1) is 12.8 Å². The van der Waals surface area contributed by atoms with E-state index in [0.29, 0.717) is 69.3 Å². The highest BCUT2D eigenvalue weighted by atomic mass is 32.2. The van der Waals surface area contributed by atoms with Crippen molar-refractivity contribution in [3.8, 4) is 0 Å². The van der Waals surface area contributed by atoms with Gasteiger partial charge in [-0.15, -0.1) is 0 Å². The molecule has 2 aliphatic rings. The van der Waals surface area contributed by atoms with Crippen molar-refractivity contribution in [3.05, 3.63) is 23.8 Å². The van der Waals surface area contributed by atoms with Crippen molar-refractivity contribution in [2.45, 2.75) is 38.1 Å². The molecule has 0 unspecified atom stereocenters. The molecule has 186 valence electrons. The number of hydrogen-bond acceptors (Lipinski definition) is 7. The van der Waals surface area contributed by atoms with Gasteiger partial charge in [-0.2, -0.15) is 14.5 Å². The summed E-state index contributed by atoms with van der Waals surface area (Å²) in [5.41, 5.74) is 1.21. The molecule has 2 aromatic rings. The van der Waals surface area contributed by atoms with Crippen molar-refractivity contribution in [2.24, 2.45) is 13.0 Å². The lowest BCUT2D eigenvalue weighted by molar-refractivity contribution is -0.120. The fraction of sp³-hybridized carbons (Fsp3) is 0.619. The quantitative estimate of drug-likeness (QED) is 0.618. The van der Waals surface area contributed by atoms with E-state index in [-0.39, 0.29) is 23.3 Å². The Morgan fingerprint density at radius 2 is 1.91 bits per heavy atom. The number of amides is 2. The number of nitrogens with zero attached hydrogens (tertiary/aromatic N) is 6. The van der Waals surface area contributed by atoms with Gasteiger partial charge in [0.2, 0.25) is 15.9 Å². The number of piperidine rings is 1. The smallest absolute Gasteiger partial charge is 0.274 e. The molecule has 2 amide bonds. The average Bonchev–Trinajstić information content (AvgIpc) is 3.41. The van der Waals surface area contributed by atoms with Gasteiger partial charge in [0, 0.05) is 39.8 Å². The van der Waals surface area contributed by atoms with Crippen molar-refractivity contribution in [1.82, 2.24) is 28.8 Å². The molecule has 4 heterocycles. The number of morpholine rings is 1. The molecular weight excluding hydrogens is 462 g/mol. The minimum absolute atomic E-state index is 0.0666. The second-order valence-electron chi connectivity index (χ2n) is 8.54. The Morgan fingerprint density at radius 3 is 2.56 bits per heavy atom. The van der Waals surface area contributed by atoms with Crippen LogP contribution in [0.5, 0.6) is 0 Å². The number of rotatable bonds is 6. The number of aryl methyl sites for hydroxylation is 2. The Kier molecular flexibility index (Phi) is 7.05. The number of carbonyl (C=O) groups excluding carboxylic acids is 2. The first-order valence-corrected chi connectivity index (χ1v) is 12.9. The Balaban J connectivity index is 1.50. The van der Waals surface area contributed by atoms with Gasteiger partial charge >= 0.3 is 0 Å². The Hall–Kier alpha value is -2.77. The maximum Gasteiger partial charge on any atom is 0.274 e. The average molecular weight is 494 g/mol. The Labute approximate surface area is 198 Å². The van der Waals surface area contributed by atoms with E-state index < -0.39 is 15.9 Å². The first-order chi connectivity index (χ1) is 16.2. The predicted octanol–water partition coefficient (Wildman–Crippen LogP) is 0.457.